The van der Waals surface area contributed by atoms with Crippen molar-refractivity contribution in [2.45, 2.75) is 19.4 Å². The summed E-state index contributed by atoms with van der Waals surface area (Å²) >= 11 is 1.44. The smallest absolute Gasteiger partial charge is 0.322 e. The second kappa shape index (κ2) is 11.3. The molecule has 0 aromatic rings. The standard InChI is InChI=1S/C11H22N2O4S/c1-3-17-11(15)9(12)4-7-18-8-10(14)13-5-6-16-2/h9H,3-8,12H2,1-2H3,(H,13,14). The van der Waals surface area contributed by atoms with Gasteiger partial charge in [-0.3, -0.25) is 9.59 Å². The van der Waals surface area contributed by atoms with E-state index in [1.807, 2.05) is 0 Å². The van der Waals surface area contributed by atoms with Crippen LogP contribution >= 0.6 is 11.8 Å². The Bertz CT molecular complexity index is 251. The van der Waals surface area contributed by atoms with Crippen LogP contribution in [0.25, 0.3) is 0 Å². The number of hydrogen-bond donors (Lipinski definition) is 2. The van der Waals surface area contributed by atoms with E-state index in [2.05, 4.69) is 5.32 Å². The van der Waals surface area contributed by atoms with Crippen molar-refractivity contribution in [2.24, 2.45) is 5.73 Å². The molecule has 0 saturated heterocycles. The van der Waals surface area contributed by atoms with Gasteiger partial charge in [0, 0.05) is 13.7 Å². The van der Waals surface area contributed by atoms with Gasteiger partial charge in [-0.25, -0.2) is 0 Å². The van der Waals surface area contributed by atoms with Crippen LogP contribution in [0.1, 0.15) is 13.3 Å². The van der Waals surface area contributed by atoms with Gasteiger partial charge in [0.25, 0.3) is 0 Å². The normalized spacial score (nSPS) is 11.9. The number of esters is 1. The predicted molar refractivity (Wildman–Crippen MR) is 71.4 cm³/mol. The zero-order valence-corrected chi connectivity index (χ0v) is 11.8. The van der Waals surface area contributed by atoms with Crippen molar-refractivity contribution in [1.29, 1.82) is 0 Å². The van der Waals surface area contributed by atoms with Crippen molar-refractivity contribution < 1.29 is 19.1 Å². The Morgan fingerprint density at radius 1 is 1.44 bits per heavy atom. The molecule has 6 nitrogen and oxygen atoms in total. The van der Waals surface area contributed by atoms with E-state index in [1.165, 1.54) is 11.8 Å². The molecular formula is C11H22N2O4S. The first-order valence-corrected chi connectivity index (χ1v) is 7.02. The number of carbonyl (C=O) groups excluding carboxylic acids is 2. The molecule has 0 aliphatic carbocycles. The molecular weight excluding hydrogens is 256 g/mol. The zero-order valence-electron chi connectivity index (χ0n) is 10.9. The summed E-state index contributed by atoms with van der Waals surface area (Å²) in [6.07, 6.45) is 0.509. The SMILES string of the molecule is CCOC(=O)C(N)CCSCC(=O)NCCOC. The number of hydrogen-bond acceptors (Lipinski definition) is 6. The highest BCUT2D eigenvalue weighted by atomic mass is 32.2. The van der Waals surface area contributed by atoms with Gasteiger partial charge >= 0.3 is 5.97 Å². The lowest BCUT2D eigenvalue weighted by Gasteiger charge is -2.10. The van der Waals surface area contributed by atoms with E-state index >= 15 is 0 Å². The van der Waals surface area contributed by atoms with E-state index in [1.54, 1.807) is 14.0 Å². The van der Waals surface area contributed by atoms with Crippen LogP contribution < -0.4 is 11.1 Å². The Morgan fingerprint density at radius 2 is 2.17 bits per heavy atom. The monoisotopic (exact) mass is 278 g/mol. The van der Waals surface area contributed by atoms with Crippen molar-refractivity contribution in [1.82, 2.24) is 5.32 Å². The van der Waals surface area contributed by atoms with Crippen molar-refractivity contribution >= 4 is 23.6 Å². The van der Waals surface area contributed by atoms with E-state index in [4.69, 9.17) is 15.2 Å². The number of rotatable bonds is 10. The molecule has 18 heavy (non-hydrogen) atoms. The molecule has 0 saturated carbocycles. The van der Waals surface area contributed by atoms with Crippen LogP contribution in [-0.2, 0) is 19.1 Å². The van der Waals surface area contributed by atoms with Gasteiger partial charge in [-0.05, 0) is 19.1 Å². The van der Waals surface area contributed by atoms with E-state index in [0.717, 1.165) is 0 Å². The van der Waals surface area contributed by atoms with E-state index < -0.39 is 6.04 Å². The topological polar surface area (TPSA) is 90.7 Å². The Morgan fingerprint density at radius 3 is 2.78 bits per heavy atom. The van der Waals surface area contributed by atoms with Crippen LogP contribution in [0.15, 0.2) is 0 Å². The third-order valence-electron chi connectivity index (χ3n) is 2.02. The minimum atomic E-state index is -0.603. The highest BCUT2D eigenvalue weighted by molar-refractivity contribution is 7.99. The van der Waals surface area contributed by atoms with Crippen LogP contribution in [0.2, 0.25) is 0 Å². The number of thioether (sulfide) groups is 1. The third-order valence-corrected chi connectivity index (χ3v) is 3.01. The van der Waals surface area contributed by atoms with Gasteiger partial charge in [0.1, 0.15) is 6.04 Å². The molecule has 0 spiro atoms. The summed E-state index contributed by atoms with van der Waals surface area (Å²) in [6, 6.07) is -0.603. The molecule has 0 aromatic heterocycles. The summed E-state index contributed by atoms with van der Waals surface area (Å²) in [5.74, 6) is 0.584. The maximum atomic E-state index is 11.3. The third kappa shape index (κ3) is 9.26. The first kappa shape index (κ1) is 17.2. The Balaban J connectivity index is 3.49. The summed E-state index contributed by atoms with van der Waals surface area (Å²) in [6.45, 7) is 3.09. The Kier molecular flexibility index (Phi) is 10.8. The Labute approximate surface area is 112 Å². The fourth-order valence-corrected chi connectivity index (χ4v) is 1.94. The van der Waals surface area contributed by atoms with Crippen molar-refractivity contribution in [3.63, 3.8) is 0 Å². The molecule has 0 radical (unpaired) electrons. The highest BCUT2D eigenvalue weighted by Gasteiger charge is 2.13. The summed E-state index contributed by atoms with van der Waals surface area (Å²) < 4.78 is 9.59. The van der Waals surface area contributed by atoms with Crippen LogP contribution in [0, 0.1) is 0 Å². The Hall–Kier alpha value is -0.790. The molecule has 0 aromatic carbocycles. The number of carbonyl (C=O) groups is 2. The van der Waals surface area contributed by atoms with Crippen LogP contribution in [0.3, 0.4) is 0 Å². The molecule has 0 rings (SSSR count). The molecule has 0 aliphatic heterocycles. The second-order valence-corrected chi connectivity index (χ2v) is 4.65. The molecule has 0 aliphatic rings. The maximum Gasteiger partial charge on any atom is 0.322 e. The van der Waals surface area contributed by atoms with Crippen LogP contribution in [-0.4, -0.2) is 56.3 Å². The molecule has 1 atom stereocenters. The van der Waals surface area contributed by atoms with Crippen LogP contribution in [0.4, 0.5) is 0 Å². The zero-order chi connectivity index (χ0) is 13.8. The lowest BCUT2D eigenvalue weighted by atomic mass is 10.2. The molecule has 0 heterocycles. The average molecular weight is 278 g/mol. The van der Waals surface area contributed by atoms with Crippen molar-refractivity contribution in [3.05, 3.63) is 0 Å². The lowest BCUT2D eigenvalue weighted by molar-refractivity contribution is -0.144. The fraction of sp³-hybridized carbons (Fsp3) is 0.818. The fourth-order valence-electron chi connectivity index (χ4n) is 1.09. The van der Waals surface area contributed by atoms with E-state index in [0.29, 0.717) is 37.7 Å². The van der Waals surface area contributed by atoms with Crippen LogP contribution in [0.5, 0.6) is 0 Å². The van der Waals surface area contributed by atoms with E-state index in [9.17, 15) is 9.59 Å². The average Bonchev–Trinajstić information content (AvgIpc) is 2.35. The number of methoxy groups -OCH3 is 1. The number of nitrogens with two attached hydrogens (primary N) is 1. The second-order valence-electron chi connectivity index (χ2n) is 3.54. The molecule has 0 fully saturated rings. The summed E-state index contributed by atoms with van der Waals surface area (Å²) in [7, 11) is 1.58. The number of nitrogens with one attached hydrogen (secondary N) is 1. The predicted octanol–water partition coefficient (Wildman–Crippen LogP) is -0.237. The van der Waals surface area contributed by atoms with Crippen molar-refractivity contribution in [2.75, 3.05) is 38.4 Å². The van der Waals surface area contributed by atoms with Crippen molar-refractivity contribution in [3.8, 4) is 0 Å². The summed E-state index contributed by atoms with van der Waals surface area (Å²) in [4.78, 5) is 22.5. The molecule has 3 N–H and O–H groups in total. The van der Waals surface area contributed by atoms with E-state index in [-0.39, 0.29) is 11.9 Å². The molecule has 1 amide bonds. The largest absolute Gasteiger partial charge is 0.465 e. The van der Waals surface area contributed by atoms with Gasteiger partial charge in [-0.15, -0.1) is 0 Å². The molecule has 106 valence electrons. The summed E-state index contributed by atoms with van der Waals surface area (Å²) in [5, 5.41) is 2.71. The molecule has 7 heteroatoms. The van der Waals surface area contributed by atoms with Gasteiger partial charge in [-0.2, -0.15) is 11.8 Å². The summed E-state index contributed by atoms with van der Waals surface area (Å²) in [5.41, 5.74) is 5.61. The first-order valence-electron chi connectivity index (χ1n) is 5.87. The maximum absolute atomic E-state index is 11.3. The number of amides is 1. The highest BCUT2D eigenvalue weighted by Crippen LogP contribution is 2.04. The molecule has 0 bridgehead atoms. The number of ether oxygens (including phenoxy) is 2. The van der Waals surface area contributed by atoms with Gasteiger partial charge in [0.05, 0.1) is 19.0 Å². The van der Waals surface area contributed by atoms with Gasteiger partial charge in [-0.1, -0.05) is 0 Å². The first-order chi connectivity index (χ1) is 8.61. The van der Waals surface area contributed by atoms with Gasteiger partial charge in [0.15, 0.2) is 0 Å². The minimum Gasteiger partial charge on any atom is -0.465 e. The lowest BCUT2D eigenvalue weighted by Crippen LogP contribution is -2.33. The minimum absolute atomic E-state index is 0.0400. The molecule has 1 unspecified atom stereocenters. The van der Waals surface area contributed by atoms with Gasteiger partial charge in [0.2, 0.25) is 5.91 Å². The van der Waals surface area contributed by atoms with Gasteiger partial charge < -0.3 is 20.5 Å². The quantitative estimate of drug-likeness (QED) is 0.423.